The summed E-state index contributed by atoms with van der Waals surface area (Å²) in [6, 6.07) is 16.5. The Balaban J connectivity index is 1.62. The minimum absolute atomic E-state index is 0.126. The van der Waals surface area contributed by atoms with Gasteiger partial charge in [-0.15, -0.1) is 0 Å². The molecule has 9 heteroatoms. The van der Waals surface area contributed by atoms with Gasteiger partial charge in [-0.05, 0) is 66.2 Å². The molecule has 3 aromatic rings. The molecule has 0 aromatic heterocycles. The van der Waals surface area contributed by atoms with Crippen molar-refractivity contribution in [2.75, 3.05) is 22.1 Å². The molecule has 32 heavy (non-hydrogen) atoms. The summed E-state index contributed by atoms with van der Waals surface area (Å²) in [7, 11) is 0. The Morgan fingerprint density at radius 3 is 2.28 bits per heavy atom. The van der Waals surface area contributed by atoms with E-state index in [0.29, 0.717) is 34.5 Å². The molecule has 1 aliphatic heterocycles. The summed E-state index contributed by atoms with van der Waals surface area (Å²) in [6.07, 6.45) is -3.67. The molecule has 2 N–H and O–H groups in total. The van der Waals surface area contributed by atoms with Gasteiger partial charge in [0.15, 0.2) is 5.11 Å². The molecule has 0 atom stereocenters. The minimum Gasteiger partial charge on any atom is -0.365 e. The molecule has 1 heterocycles. The van der Waals surface area contributed by atoms with E-state index in [1.807, 2.05) is 23.1 Å². The molecule has 3 nitrogen and oxygen atoms in total. The van der Waals surface area contributed by atoms with Crippen molar-refractivity contribution in [3.8, 4) is 0 Å². The molecule has 0 unspecified atom stereocenters. The first-order valence-electron chi connectivity index (χ1n) is 9.76. The summed E-state index contributed by atoms with van der Waals surface area (Å²) in [5, 5.41) is 6.80. The van der Waals surface area contributed by atoms with Crippen LogP contribution < -0.4 is 15.5 Å². The highest BCUT2D eigenvalue weighted by atomic mass is 35.5. The van der Waals surface area contributed by atoms with E-state index in [4.69, 9.17) is 35.4 Å². The van der Waals surface area contributed by atoms with Crippen molar-refractivity contribution in [3.05, 3.63) is 87.4 Å². The Hall–Kier alpha value is -2.48. The highest BCUT2D eigenvalue weighted by Crippen LogP contribution is 2.37. The maximum absolute atomic E-state index is 13.4. The fourth-order valence-electron chi connectivity index (χ4n) is 3.70. The molecule has 166 valence electrons. The number of nitrogens with zero attached hydrogens (tertiary/aromatic N) is 1. The molecule has 1 aliphatic rings. The third-order valence-corrected chi connectivity index (χ3v) is 5.80. The number of fused-ring (bicyclic) bond motifs is 1. The van der Waals surface area contributed by atoms with Crippen molar-refractivity contribution < 1.29 is 13.2 Å². The van der Waals surface area contributed by atoms with Crippen LogP contribution in [0.1, 0.15) is 16.7 Å². The van der Waals surface area contributed by atoms with Gasteiger partial charge in [0.1, 0.15) is 0 Å². The van der Waals surface area contributed by atoms with Crippen LogP contribution in [0.2, 0.25) is 10.0 Å². The first-order valence-corrected chi connectivity index (χ1v) is 10.9. The quantitative estimate of drug-likeness (QED) is 0.370. The lowest BCUT2D eigenvalue weighted by Gasteiger charge is -2.32. The number of alkyl halides is 3. The third kappa shape index (κ3) is 5.28. The highest BCUT2D eigenvalue weighted by molar-refractivity contribution is 7.80. The van der Waals surface area contributed by atoms with E-state index >= 15 is 0 Å². The molecule has 4 rings (SSSR count). The predicted molar refractivity (Wildman–Crippen MR) is 129 cm³/mol. The number of nitrogens with one attached hydrogen (secondary N) is 2. The average Bonchev–Trinajstić information content (AvgIpc) is 2.72. The third-order valence-electron chi connectivity index (χ3n) is 5.16. The maximum Gasteiger partial charge on any atom is 0.416 e. The van der Waals surface area contributed by atoms with Gasteiger partial charge in [-0.2, -0.15) is 13.2 Å². The summed E-state index contributed by atoms with van der Waals surface area (Å²) >= 11 is 17.4. The van der Waals surface area contributed by atoms with Gasteiger partial charge in [-0.3, -0.25) is 0 Å². The van der Waals surface area contributed by atoms with Crippen molar-refractivity contribution in [1.82, 2.24) is 0 Å². The number of rotatable bonds is 3. The van der Waals surface area contributed by atoms with E-state index in [1.54, 1.807) is 18.2 Å². The molecule has 0 fully saturated rings. The lowest BCUT2D eigenvalue weighted by Crippen LogP contribution is -2.31. The maximum atomic E-state index is 13.4. The van der Waals surface area contributed by atoms with Gasteiger partial charge >= 0.3 is 6.18 Å². The molecule has 3 aromatic carbocycles. The van der Waals surface area contributed by atoms with Crippen molar-refractivity contribution in [3.63, 3.8) is 0 Å². The Kier molecular flexibility index (Phi) is 6.51. The van der Waals surface area contributed by atoms with E-state index in [0.717, 1.165) is 24.1 Å². The Morgan fingerprint density at radius 1 is 0.906 bits per heavy atom. The molecule has 0 spiro atoms. The number of hydrogen-bond donors (Lipinski definition) is 2. The Bertz CT molecular complexity index is 1150. The van der Waals surface area contributed by atoms with E-state index in [-0.39, 0.29) is 10.8 Å². The molecule has 0 aliphatic carbocycles. The Morgan fingerprint density at radius 2 is 1.59 bits per heavy atom. The van der Waals surface area contributed by atoms with E-state index in [9.17, 15) is 13.2 Å². The lowest BCUT2D eigenvalue weighted by atomic mass is 9.99. The van der Waals surface area contributed by atoms with Gasteiger partial charge in [0.25, 0.3) is 0 Å². The van der Waals surface area contributed by atoms with Crippen molar-refractivity contribution in [1.29, 1.82) is 0 Å². The van der Waals surface area contributed by atoms with Gasteiger partial charge in [0.05, 0.1) is 16.9 Å². The number of halogens is 5. The van der Waals surface area contributed by atoms with Gasteiger partial charge < -0.3 is 15.5 Å². The number of hydrogen-bond acceptors (Lipinski definition) is 2. The summed E-state index contributed by atoms with van der Waals surface area (Å²) in [5.41, 5.74) is 3.08. The van der Waals surface area contributed by atoms with Crippen LogP contribution in [0.15, 0.2) is 60.7 Å². The molecular formula is C23H18Cl2F3N3S. The van der Waals surface area contributed by atoms with E-state index < -0.39 is 11.7 Å². The zero-order valence-electron chi connectivity index (χ0n) is 16.6. The monoisotopic (exact) mass is 495 g/mol. The zero-order chi connectivity index (χ0) is 22.9. The SMILES string of the molecule is FC(F)(F)c1ccc(N2CCc3ccccc3C2)c(NC(=S)Nc2cc(Cl)cc(Cl)c2)c1. The fourth-order valence-corrected chi connectivity index (χ4v) is 4.45. The topological polar surface area (TPSA) is 27.3 Å². The number of thiocarbonyl (C=S) groups is 1. The normalized spacial score (nSPS) is 13.5. The standard InChI is InChI=1S/C23H18Cl2F3N3S/c24-17-10-18(25)12-19(11-17)29-22(32)30-20-9-16(23(26,27)28)5-6-21(20)31-8-7-14-3-1-2-4-15(14)13-31/h1-6,9-12H,7-8,13H2,(H2,29,30,32). The van der Waals surface area contributed by atoms with Crippen LogP contribution in [-0.4, -0.2) is 11.7 Å². The summed E-state index contributed by atoms with van der Waals surface area (Å²) < 4.78 is 40.2. The van der Waals surface area contributed by atoms with E-state index in [2.05, 4.69) is 16.7 Å². The van der Waals surface area contributed by atoms with Crippen LogP contribution in [0.25, 0.3) is 0 Å². The minimum atomic E-state index is -4.47. The van der Waals surface area contributed by atoms with Gasteiger partial charge in [-0.1, -0.05) is 47.5 Å². The van der Waals surface area contributed by atoms with Crippen LogP contribution in [-0.2, 0) is 19.1 Å². The van der Waals surface area contributed by atoms with Crippen molar-refractivity contribution in [2.45, 2.75) is 19.1 Å². The molecule has 0 saturated heterocycles. The Labute approximate surface area is 199 Å². The summed E-state index contributed by atoms with van der Waals surface area (Å²) in [4.78, 5) is 2.05. The van der Waals surface area contributed by atoms with Gasteiger partial charge in [0, 0.05) is 28.8 Å². The molecule has 0 bridgehead atoms. The van der Waals surface area contributed by atoms with Gasteiger partial charge in [0.2, 0.25) is 0 Å². The van der Waals surface area contributed by atoms with Crippen LogP contribution in [0, 0.1) is 0 Å². The molecule has 0 amide bonds. The molecule has 0 radical (unpaired) electrons. The average molecular weight is 496 g/mol. The second-order valence-electron chi connectivity index (χ2n) is 7.41. The largest absolute Gasteiger partial charge is 0.416 e. The van der Waals surface area contributed by atoms with Crippen molar-refractivity contribution >= 4 is 57.6 Å². The molecular weight excluding hydrogens is 478 g/mol. The van der Waals surface area contributed by atoms with E-state index in [1.165, 1.54) is 11.6 Å². The van der Waals surface area contributed by atoms with Crippen LogP contribution in [0.4, 0.5) is 30.2 Å². The predicted octanol–water partition coefficient (Wildman–Crippen LogP) is 7.38. The summed E-state index contributed by atoms with van der Waals surface area (Å²) in [5.74, 6) is 0. The second kappa shape index (κ2) is 9.17. The second-order valence-corrected chi connectivity index (χ2v) is 8.69. The van der Waals surface area contributed by atoms with Crippen LogP contribution in [0.5, 0.6) is 0 Å². The first-order chi connectivity index (χ1) is 15.2. The highest BCUT2D eigenvalue weighted by Gasteiger charge is 2.32. The number of benzene rings is 3. The summed E-state index contributed by atoms with van der Waals surface area (Å²) in [6.45, 7) is 1.28. The smallest absolute Gasteiger partial charge is 0.365 e. The number of anilines is 3. The zero-order valence-corrected chi connectivity index (χ0v) is 19.0. The van der Waals surface area contributed by atoms with Crippen LogP contribution >= 0.6 is 35.4 Å². The van der Waals surface area contributed by atoms with Gasteiger partial charge in [-0.25, -0.2) is 0 Å². The van der Waals surface area contributed by atoms with Crippen LogP contribution in [0.3, 0.4) is 0 Å². The first kappa shape index (κ1) is 22.7. The molecule has 0 saturated carbocycles. The lowest BCUT2D eigenvalue weighted by molar-refractivity contribution is -0.137. The van der Waals surface area contributed by atoms with Crippen molar-refractivity contribution in [2.24, 2.45) is 0 Å². The fraction of sp³-hybridized carbons (Fsp3) is 0.174.